The van der Waals surface area contributed by atoms with Crippen LogP contribution in [0.1, 0.15) is 145 Å². The zero-order chi connectivity index (χ0) is 50.9. The number of esters is 2. The molecular weight excluding hydrogens is 881 g/mol. The van der Waals surface area contributed by atoms with Gasteiger partial charge in [-0.3, -0.25) is 19.2 Å². The van der Waals surface area contributed by atoms with Crippen LogP contribution in [0.5, 0.6) is 11.5 Å². The largest absolute Gasteiger partial charge is 0.494 e. The highest BCUT2D eigenvalue weighted by atomic mass is 16.7. The van der Waals surface area contributed by atoms with Gasteiger partial charge in [-0.25, -0.2) is 0 Å². The number of nitrogens with zero attached hydrogens (tertiary/aromatic N) is 1. The van der Waals surface area contributed by atoms with Crippen molar-refractivity contribution in [1.29, 1.82) is 5.26 Å². The number of ether oxygens (including phenoxy) is 4. The molecule has 12 heteroatoms. The molecule has 70 heavy (non-hydrogen) atoms. The van der Waals surface area contributed by atoms with Crippen molar-refractivity contribution < 1.29 is 47.4 Å². The summed E-state index contributed by atoms with van der Waals surface area (Å²) in [6.07, 6.45) is 12.9. The van der Waals surface area contributed by atoms with Gasteiger partial charge in [-0.2, -0.15) is 5.26 Å². The predicted octanol–water partition coefficient (Wildman–Crippen LogP) is 10.7. The van der Waals surface area contributed by atoms with Gasteiger partial charge in [0.15, 0.2) is 23.1 Å². The molecule has 0 N–H and O–H groups in total. The lowest BCUT2D eigenvalue weighted by molar-refractivity contribution is -0.193. The molecule has 7 atom stereocenters. The maximum atomic E-state index is 14.9. The Labute approximate surface area is 416 Å². The highest BCUT2D eigenvalue weighted by Gasteiger charge is 2.71. The van der Waals surface area contributed by atoms with Crippen LogP contribution in [0, 0.1) is 61.6 Å². The van der Waals surface area contributed by atoms with Crippen LogP contribution in [-0.2, 0) is 44.6 Å². The average Bonchev–Trinajstić information content (AvgIpc) is 3.52. The molecule has 1 aliphatic heterocycles. The smallest absolute Gasteiger partial charge is 0.493 e. The minimum atomic E-state index is -0.791. The summed E-state index contributed by atoms with van der Waals surface area (Å²) in [5.74, 6) is -0.153. The molecule has 11 nitrogen and oxygen atoms in total. The van der Waals surface area contributed by atoms with E-state index >= 15 is 0 Å². The highest BCUT2D eigenvalue weighted by Crippen LogP contribution is 2.74. The van der Waals surface area contributed by atoms with Crippen molar-refractivity contribution in [3.05, 3.63) is 83.0 Å². The summed E-state index contributed by atoms with van der Waals surface area (Å²) in [5, 5.41) is 10.1. The lowest BCUT2D eigenvalue weighted by atomic mass is 9.34. The molecule has 0 amide bonds. The summed E-state index contributed by atoms with van der Waals surface area (Å²) in [6.45, 7) is 23.8. The number of carbonyl (C=O) groups is 4. The molecule has 8 rings (SSSR count). The van der Waals surface area contributed by atoms with Gasteiger partial charge in [-0.1, -0.05) is 103 Å². The van der Waals surface area contributed by atoms with Crippen molar-refractivity contribution in [2.45, 2.75) is 152 Å². The highest BCUT2D eigenvalue weighted by molar-refractivity contribution is 6.62. The molecule has 0 radical (unpaired) electrons. The van der Waals surface area contributed by atoms with Gasteiger partial charge in [0.2, 0.25) is 0 Å². The van der Waals surface area contributed by atoms with Crippen LogP contribution in [0.2, 0.25) is 0 Å². The lowest BCUT2D eigenvalue weighted by Gasteiger charge is -2.68. The number of hydrogen-bond acceptors (Lipinski definition) is 11. The summed E-state index contributed by atoms with van der Waals surface area (Å²) < 4.78 is 35.8. The lowest BCUT2D eigenvalue weighted by Crippen LogP contribution is -2.66. The second kappa shape index (κ2) is 18.3. The first-order valence-corrected chi connectivity index (χ1v) is 25.5. The molecule has 0 spiro atoms. The van der Waals surface area contributed by atoms with E-state index in [2.05, 4.69) is 40.7 Å². The second-order valence-electron chi connectivity index (χ2n) is 24.3. The minimum Gasteiger partial charge on any atom is -0.493 e. The molecule has 1 heterocycles. The SMILES string of the molecule is COc1ccc(/C=C/CC(=O)OCCCOC(=O)[C@]23CCC(C)(C)C[C@H]2[C@H]2C(=O)C=C4[C@@]5(C)C=C(C#N)C(=O)C(C)(C)[C@@H]5CC[C@@]4(C)[C@]2(C)CC3)cc1OCc1ccc(B2OC(C)(C)C(C)(C)O2)cc1. The first kappa shape index (κ1) is 51.4. The van der Waals surface area contributed by atoms with Crippen molar-refractivity contribution in [3.63, 3.8) is 0 Å². The average molecular weight is 956 g/mol. The molecule has 2 aromatic rings. The van der Waals surface area contributed by atoms with E-state index in [1.54, 1.807) is 13.2 Å². The molecule has 374 valence electrons. The van der Waals surface area contributed by atoms with Crippen molar-refractivity contribution in [2.24, 2.45) is 50.2 Å². The van der Waals surface area contributed by atoms with Crippen molar-refractivity contribution in [2.75, 3.05) is 20.3 Å². The zero-order valence-corrected chi connectivity index (χ0v) is 43.7. The van der Waals surface area contributed by atoms with E-state index in [9.17, 15) is 24.4 Å². The Balaban J connectivity index is 0.855. The summed E-state index contributed by atoms with van der Waals surface area (Å²) in [7, 11) is 1.16. The summed E-state index contributed by atoms with van der Waals surface area (Å²) in [5.41, 5.74) is 0.110. The van der Waals surface area contributed by atoms with Gasteiger partial charge in [-0.15, -0.1) is 0 Å². The number of ketones is 2. The van der Waals surface area contributed by atoms with Crippen LogP contribution < -0.4 is 14.9 Å². The summed E-state index contributed by atoms with van der Waals surface area (Å²) in [4.78, 5) is 55.7. The second-order valence-corrected chi connectivity index (χ2v) is 24.3. The minimum absolute atomic E-state index is 0.0371. The normalized spacial score (nSPS) is 32.3. The van der Waals surface area contributed by atoms with Crippen LogP contribution in [-0.4, -0.2) is 62.1 Å². The quantitative estimate of drug-likeness (QED) is 0.107. The third kappa shape index (κ3) is 8.69. The van der Waals surface area contributed by atoms with Gasteiger partial charge in [0.25, 0.3) is 0 Å². The van der Waals surface area contributed by atoms with Crippen LogP contribution >= 0.6 is 0 Å². The maximum Gasteiger partial charge on any atom is 0.494 e. The van der Waals surface area contributed by atoms with Crippen LogP contribution in [0.25, 0.3) is 6.08 Å². The van der Waals surface area contributed by atoms with Crippen LogP contribution in [0.3, 0.4) is 0 Å². The Morgan fingerprint density at radius 1 is 0.843 bits per heavy atom. The number of allylic oxidation sites excluding steroid dienone is 4. The van der Waals surface area contributed by atoms with E-state index in [4.69, 9.17) is 28.3 Å². The Hall–Kier alpha value is -4.99. The van der Waals surface area contributed by atoms with Gasteiger partial charge in [0.1, 0.15) is 12.7 Å². The summed E-state index contributed by atoms with van der Waals surface area (Å²) >= 11 is 0. The standard InChI is InChI=1S/C58H74BNO10/c1-51(2)25-27-58(28-26-57(11)48(41(58)34-51)42(61)32-46-55(9)33-39(35-60)49(63)52(3,4)45(55)23-24-56(46,57)10)50(64)67-30-14-29-66-47(62)16-13-15-37-19-22-43(65-12)44(31-37)68-36-38-17-20-40(21-18-38)59-69-53(5,6)54(7,8)70-59/h13,15,17-22,31-33,41,45,48H,14,16,23-30,34,36H2,1-12H3/b15-13+/t41-,45-,48-,55-,56+,57+,58-/m0/s1. The van der Waals surface area contributed by atoms with Gasteiger partial charge in [0, 0.05) is 23.2 Å². The number of fused-ring (bicyclic) bond motifs is 7. The van der Waals surface area contributed by atoms with Gasteiger partial charge in [-0.05, 0) is 136 Å². The van der Waals surface area contributed by atoms with Crippen LogP contribution in [0.4, 0.5) is 0 Å². The topological polar surface area (TPSA) is 147 Å². The molecule has 0 unspecified atom stereocenters. The third-order valence-corrected chi connectivity index (χ3v) is 18.7. The van der Waals surface area contributed by atoms with E-state index in [0.717, 1.165) is 47.8 Å². The number of Topliss-reactive ketones (excluding diaryl/α,β-unsaturated/α-hetero) is 1. The van der Waals surface area contributed by atoms with Crippen molar-refractivity contribution >= 4 is 42.2 Å². The number of nitriles is 1. The Bertz CT molecular complexity index is 2550. The van der Waals surface area contributed by atoms with E-state index < -0.39 is 45.9 Å². The van der Waals surface area contributed by atoms with Crippen molar-refractivity contribution in [1.82, 2.24) is 0 Å². The molecular formula is C58H74BNO10. The molecule has 4 fully saturated rings. The van der Waals surface area contributed by atoms with Crippen molar-refractivity contribution in [3.8, 4) is 17.6 Å². The zero-order valence-electron chi connectivity index (χ0n) is 43.7. The first-order chi connectivity index (χ1) is 32.8. The molecule has 3 saturated carbocycles. The summed E-state index contributed by atoms with van der Waals surface area (Å²) in [6, 6.07) is 15.8. The molecule has 1 saturated heterocycles. The first-order valence-electron chi connectivity index (χ1n) is 25.5. The van der Waals surface area contributed by atoms with E-state index in [0.29, 0.717) is 43.8 Å². The van der Waals surface area contributed by atoms with Gasteiger partial charge in [0.05, 0.1) is 48.9 Å². The van der Waals surface area contributed by atoms with E-state index in [1.165, 1.54) is 0 Å². The predicted molar refractivity (Wildman–Crippen MR) is 269 cm³/mol. The Kier molecular flexibility index (Phi) is 13.4. The maximum absolute atomic E-state index is 14.9. The number of methoxy groups -OCH3 is 1. The van der Waals surface area contributed by atoms with Crippen LogP contribution in [0.15, 0.2) is 71.8 Å². The fourth-order valence-corrected chi connectivity index (χ4v) is 13.7. The van der Waals surface area contributed by atoms with Gasteiger partial charge >= 0.3 is 19.1 Å². The molecule has 0 bridgehead atoms. The number of hydrogen-bond donors (Lipinski definition) is 0. The van der Waals surface area contributed by atoms with E-state index in [-0.39, 0.29) is 71.3 Å². The van der Waals surface area contributed by atoms with Gasteiger partial charge < -0.3 is 28.3 Å². The Morgan fingerprint density at radius 3 is 2.19 bits per heavy atom. The molecule has 0 aromatic heterocycles. The fourth-order valence-electron chi connectivity index (χ4n) is 13.7. The third-order valence-electron chi connectivity index (χ3n) is 18.7. The number of rotatable bonds is 13. The molecule has 2 aromatic carbocycles. The number of carbonyl (C=O) groups excluding carboxylic acids is 4. The fraction of sp³-hybridized carbons (Fsp3) is 0.603. The van der Waals surface area contributed by atoms with E-state index in [1.807, 2.05) is 102 Å². The Morgan fingerprint density at radius 2 is 1.51 bits per heavy atom. The monoisotopic (exact) mass is 956 g/mol. The molecule has 6 aliphatic rings. The molecule has 5 aliphatic carbocycles. The number of benzene rings is 2.